The van der Waals surface area contributed by atoms with Gasteiger partial charge in [-0.25, -0.2) is 0 Å². The van der Waals surface area contributed by atoms with Gasteiger partial charge in [-0.2, -0.15) is 0 Å². The summed E-state index contributed by atoms with van der Waals surface area (Å²) in [6.07, 6.45) is 3.00. The van der Waals surface area contributed by atoms with Crippen LogP contribution in [0.2, 0.25) is 0 Å². The number of aliphatic hydroxyl groups excluding tert-OH is 1. The van der Waals surface area contributed by atoms with Crippen molar-refractivity contribution in [3.05, 3.63) is 39.4 Å². The van der Waals surface area contributed by atoms with Crippen molar-refractivity contribution in [2.24, 2.45) is 5.41 Å². The van der Waals surface area contributed by atoms with Crippen molar-refractivity contribution in [3.63, 3.8) is 0 Å². The van der Waals surface area contributed by atoms with Gasteiger partial charge in [0.2, 0.25) is 0 Å². The molecule has 0 amide bonds. The number of aliphatic hydroxyl groups is 1. The molecule has 0 saturated carbocycles. The fourth-order valence-electron chi connectivity index (χ4n) is 3.02. The molecular formula is C16H24N2O3. The van der Waals surface area contributed by atoms with Crippen molar-refractivity contribution < 1.29 is 10.0 Å². The van der Waals surface area contributed by atoms with E-state index in [0.29, 0.717) is 5.56 Å². The third kappa shape index (κ3) is 3.60. The highest BCUT2D eigenvalue weighted by atomic mass is 16.6. The molecular weight excluding hydrogens is 268 g/mol. The van der Waals surface area contributed by atoms with Gasteiger partial charge in [0.05, 0.1) is 4.92 Å². The van der Waals surface area contributed by atoms with Crippen LogP contribution < -0.4 is 0 Å². The lowest BCUT2D eigenvalue weighted by Crippen LogP contribution is -2.41. The predicted molar refractivity (Wildman–Crippen MR) is 82.2 cm³/mol. The third-order valence-electron chi connectivity index (χ3n) is 4.88. The minimum absolute atomic E-state index is 0.0791. The van der Waals surface area contributed by atoms with Gasteiger partial charge < -0.3 is 5.11 Å². The predicted octanol–water partition coefficient (Wildman–Crippen LogP) is 2.89. The summed E-state index contributed by atoms with van der Waals surface area (Å²) < 4.78 is 0. The standard InChI is InChI=1S/C16H24N2O3/c1-3-16(12-19)6-8-17(9-7-16)11-14-5-4-13(2)15(10-14)18(20)21/h4-5,10,19H,3,6-9,11-12H2,1-2H3. The van der Waals surface area contributed by atoms with Crippen molar-refractivity contribution in [2.75, 3.05) is 19.7 Å². The van der Waals surface area contributed by atoms with E-state index in [9.17, 15) is 15.2 Å². The summed E-state index contributed by atoms with van der Waals surface area (Å²) >= 11 is 0. The second-order valence-electron chi connectivity index (χ2n) is 6.17. The smallest absolute Gasteiger partial charge is 0.272 e. The van der Waals surface area contributed by atoms with E-state index in [1.807, 2.05) is 12.1 Å². The van der Waals surface area contributed by atoms with Gasteiger partial charge in [-0.3, -0.25) is 15.0 Å². The highest BCUT2D eigenvalue weighted by Gasteiger charge is 2.32. The van der Waals surface area contributed by atoms with E-state index in [1.54, 1.807) is 13.0 Å². The van der Waals surface area contributed by atoms with Crippen molar-refractivity contribution >= 4 is 5.69 Å². The Labute approximate surface area is 125 Å². The van der Waals surface area contributed by atoms with Crippen molar-refractivity contribution in [1.29, 1.82) is 0 Å². The molecule has 0 aliphatic carbocycles. The van der Waals surface area contributed by atoms with E-state index in [-0.39, 0.29) is 22.6 Å². The summed E-state index contributed by atoms with van der Waals surface area (Å²) in [6.45, 7) is 6.78. The van der Waals surface area contributed by atoms with E-state index in [0.717, 1.165) is 44.5 Å². The van der Waals surface area contributed by atoms with Crippen molar-refractivity contribution in [1.82, 2.24) is 4.90 Å². The van der Waals surface area contributed by atoms with E-state index in [4.69, 9.17) is 0 Å². The molecule has 21 heavy (non-hydrogen) atoms. The van der Waals surface area contributed by atoms with Crippen LogP contribution >= 0.6 is 0 Å². The lowest BCUT2D eigenvalue weighted by Gasteiger charge is -2.40. The topological polar surface area (TPSA) is 66.6 Å². The number of hydrogen-bond acceptors (Lipinski definition) is 4. The first-order valence-electron chi connectivity index (χ1n) is 7.57. The second kappa shape index (κ2) is 6.54. The van der Waals surface area contributed by atoms with E-state index in [2.05, 4.69) is 11.8 Å². The Morgan fingerprint density at radius 1 is 1.38 bits per heavy atom. The Hall–Kier alpha value is -1.46. The molecule has 0 radical (unpaired) electrons. The minimum atomic E-state index is -0.317. The largest absolute Gasteiger partial charge is 0.396 e. The SMILES string of the molecule is CCC1(CO)CCN(Cc2ccc(C)c([N+](=O)[O-])c2)CC1. The number of piperidine rings is 1. The highest BCUT2D eigenvalue weighted by molar-refractivity contribution is 5.42. The lowest BCUT2D eigenvalue weighted by molar-refractivity contribution is -0.385. The van der Waals surface area contributed by atoms with Crippen LogP contribution in [0, 0.1) is 22.5 Å². The Morgan fingerprint density at radius 2 is 2.05 bits per heavy atom. The van der Waals surface area contributed by atoms with Crippen LogP contribution in [0.4, 0.5) is 5.69 Å². The van der Waals surface area contributed by atoms with Gasteiger partial charge in [0.1, 0.15) is 0 Å². The van der Waals surface area contributed by atoms with Crippen LogP contribution in [-0.2, 0) is 6.54 Å². The van der Waals surface area contributed by atoms with E-state index < -0.39 is 0 Å². The zero-order valence-electron chi connectivity index (χ0n) is 12.8. The molecule has 0 spiro atoms. The molecule has 116 valence electrons. The fourth-order valence-corrected chi connectivity index (χ4v) is 3.02. The minimum Gasteiger partial charge on any atom is -0.396 e. The molecule has 2 rings (SSSR count). The van der Waals surface area contributed by atoms with Gasteiger partial charge >= 0.3 is 0 Å². The van der Waals surface area contributed by atoms with Gasteiger partial charge in [-0.05, 0) is 50.3 Å². The molecule has 0 unspecified atom stereocenters. The molecule has 1 heterocycles. The molecule has 0 bridgehead atoms. The average Bonchev–Trinajstić information content (AvgIpc) is 2.50. The number of rotatable bonds is 5. The lowest BCUT2D eigenvalue weighted by atomic mass is 9.77. The third-order valence-corrected chi connectivity index (χ3v) is 4.88. The Kier molecular flexibility index (Phi) is 4.96. The zero-order valence-corrected chi connectivity index (χ0v) is 12.8. The first kappa shape index (κ1) is 15.9. The molecule has 1 aromatic carbocycles. The summed E-state index contributed by atoms with van der Waals surface area (Å²) in [7, 11) is 0. The van der Waals surface area contributed by atoms with Crippen LogP contribution in [0.3, 0.4) is 0 Å². The van der Waals surface area contributed by atoms with Gasteiger partial charge in [-0.15, -0.1) is 0 Å². The van der Waals surface area contributed by atoms with Crippen LogP contribution in [0.15, 0.2) is 18.2 Å². The summed E-state index contributed by atoms with van der Waals surface area (Å²) in [5.74, 6) is 0. The quantitative estimate of drug-likeness (QED) is 0.669. The van der Waals surface area contributed by atoms with E-state index >= 15 is 0 Å². The number of aryl methyl sites for hydroxylation is 1. The van der Waals surface area contributed by atoms with Crippen LogP contribution in [0.5, 0.6) is 0 Å². The highest BCUT2D eigenvalue weighted by Crippen LogP contribution is 2.34. The van der Waals surface area contributed by atoms with Gasteiger partial charge in [-0.1, -0.05) is 19.1 Å². The summed E-state index contributed by atoms with van der Waals surface area (Å²) in [5.41, 5.74) is 1.96. The summed E-state index contributed by atoms with van der Waals surface area (Å²) in [5, 5.41) is 20.5. The molecule has 1 fully saturated rings. The molecule has 5 heteroatoms. The van der Waals surface area contributed by atoms with Crippen LogP contribution in [0.25, 0.3) is 0 Å². The fraction of sp³-hybridized carbons (Fsp3) is 0.625. The second-order valence-corrected chi connectivity index (χ2v) is 6.17. The van der Waals surface area contributed by atoms with Crippen molar-refractivity contribution in [2.45, 2.75) is 39.7 Å². The first-order valence-corrected chi connectivity index (χ1v) is 7.57. The molecule has 0 atom stereocenters. The maximum Gasteiger partial charge on any atom is 0.272 e. The number of nitrogens with zero attached hydrogens (tertiary/aromatic N) is 2. The molecule has 1 aromatic rings. The summed E-state index contributed by atoms with van der Waals surface area (Å²) in [4.78, 5) is 13.0. The number of nitro benzene ring substituents is 1. The Morgan fingerprint density at radius 3 is 2.57 bits per heavy atom. The summed E-state index contributed by atoms with van der Waals surface area (Å²) in [6, 6.07) is 5.47. The van der Waals surface area contributed by atoms with Crippen LogP contribution in [0.1, 0.15) is 37.3 Å². The maximum absolute atomic E-state index is 11.0. The number of nitro groups is 1. The maximum atomic E-state index is 11.0. The Balaban J connectivity index is 2.01. The monoisotopic (exact) mass is 292 g/mol. The molecule has 0 aromatic heterocycles. The van der Waals surface area contributed by atoms with Crippen molar-refractivity contribution in [3.8, 4) is 0 Å². The normalized spacial score (nSPS) is 18.6. The van der Waals surface area contributed by atoms with Gasteiger partial charge in [0, 0.05) is 24.8 Å². The number of likely N-dealkylation sites (tertiary alicyclic amines) is 1. The van der Waals surface area contributed by atoms with E-state index in [1.165, 1.54) is 0 Å². The zero-order chi connectivity index (χ0) is 15.5. The Bertz CT molecular complexity index is 502. The molecule has 1 aliphatic rings. The van der Waals surface area contributed by atoms with Gasteiger partial charge in [0.15, 0.2) is 0 Å². The molecule has 5 nitrogen and oxygen atoms in total. The first-order chi connectivity index (χ1) is 9.99. The number of benzene rings is 1. The number of hydrogen-bond donors (Lipinski definition) is 1. The molecule has 1 saturated heterocycles. The molecule has 1 aliphatic heterocycles. The average molecular weight is 292 g/mol. The van der Waals surface area contributed by atoms with Crippen LogP contribution in [-0.4, -0.2) is 34.6 Å². The molecule has 1 N–H and O–H groups in total. The van der Waals surface area contributed by atoms with Gasteiger partial charge in [0.25, 0.3) is 5.69 Å².